The quantitative estimate of drug-likeness (QED) is 0.768. The third-order valence-corrected chi connectivity index (χ3v) is 4.71. The molecule has 0 saturated carbocycles. The van der Waals surface area contributed by atoms with Crippen molar-refractivity contribution in [2.45, 2.75) is 6.92 Å². The average Bonchev–Trinajstić information content (AvgIpc) is 2.55. The van der Waals surface area contributed by atoms with Crippen LogP contribution in [0.1, 0.15) is 22.8 Å². The summed E-state index contributed by atoms with van der Waals surface area (Å²) in [4.78, 5) is 11.1. The lowest BCUT2D eigenvalue weighted by molar-refractivity contribution is 0.112. The van der Waals surface area contributed by atoms with Crippen molar-refractivity contribution in [2.24, 2.45) is 0 Å². The van der Waals surface area contributed by atoms with Crippen LogP contribution in [-0.4, -0.2) is 21.2 Å². The van der Waals surface area contributed by atoms with Gasteiger partial charge < -0.3 is 0 Å². The second kappa shape index (κ2) is 7.04. The van der Waals surface area contributed by atoms with Gasteiger partial charge in [0.1, 0.15) is 0 Å². The van der Waals surface area contributed by atoms with Crippen LogP contribution in [0.5, 0.6) is 0 Å². The highest BCUT2D eigenvalue weighted by Crippen LogP contribution is 2.23. The first kappa shape index (κ1) is 16.0. The summed E-state index contributed by atoms with van der Waals surface area (Å²) < 4.78 is 26.3. The van der Waals surface area contributed by atoms with E-state index < -0.39 is 10.0 Å². The van der Waals surface area contributed by atoms with E-state index in [2.05, 4.69) is 0 Å². The molecule has 0 bridgehead atoms. The number of carbonyl (C=O) groups excluding carboxylic acids is 1. The number of carbonyl (C=O) groups is 1. The van der Waals surface area contributed by atoms with Crippen molar-refractivity contribution in [3.8, 4) is 0 Å². The highest BCUT2D eigenvalue weighted by atomic mass is 32.2. The Labute approximate surface area is 130 Å². The minimum Gasteiger partial charge on any atom is -0.298 e. The molecule has 0 unspecified atom stereocenters. The Bertz CT molecular complexity index is 768. The summed E-state index contributed by atoms with van der Waals surface area (Å²) in [6.45, 7) is 1.97. The monoisotopic (exact) mass is 315 g/mol. The molecule has 0 saturated heterocycles. The zero-order chi connectivity index (χ0) is 16.0. The first-order valence-electron chi connectivity index (χ1n) is 6.88. The highest BCUT2D eigenvalue weighted by molar-refractivity contribution is 7.95. The van der Waals surface area contributed by atoms with Crippen molar-refractivity contribution in [1.29, 1.82) is 0 Å². The number of anilines is 1. The topological polar surface area (TPSA) is 54.5 Å². The summed E-state index contributed by atoms with van der Waals surface area (Å²) in [5.74, 6) is 0. The molecule has 0 atom stereocenters. The number of rotatable bonds is 6. The molecule has 0 fully saturated rings. The normalized spacial score (nSPS) is 11.5. The Morgan fingerprint density at radius 1 is 1.00 bits per heavy atom. The molecule has 0 aliphatic rings. The number of hydrogen-bond acceptors (Lipinski definition) is 3. The summed E-state index contributed by atoms with van der Waals surface area (Å²) >= 11 is 0. The molecule has 2 aromatic carbocycles. The van der Waals surface area contributed by atoms with Gasteiger partial charge >= 0.3 is 0 Å². The number of para-hydroxylation sites is 1. The molecule has 0 aromatic heterocycles. The van der Waals surface area contributed by atoms with E-state index in [0.717, 1.165) is 11.0 Å². The molecule has 0 heterocycles. The third kappa shape index (κ3) is 3.62. The lowest BCUT2D eigenvalue weighted by Crippen LogP contribution is -2.29. The fourth-order valence-electron chi connectivity index (χ4n) is 2.10. The van der Waals surface area contributed by atoms with Crippen LogP contribution in [0.3, 0.4) is 0 Å². The molecule has 4 nitrogen and oxygen atoms in total. The van der Waals surface area contributed by atoms with Crippen LogP contribution in [0.25, 0.3) is 6.08 Å². The summed E-state index contributed by atoms with van der Waals surface area (Å²) in [5.41, 5.74) is 1.53. The van der Waals surface area contributed by atoms with Gasteiger partial charge in [-0.3, -0.25) is 9.10 Å². The molecule has 114 valence electrons. The van der Waals surface area contributed by atoms with Gasteiger partial charge in [-0.15, -0.1) is 0 Å². The molecule has 0 aliphatic heterocycles. The third-order valence-electron chi connectivity index (χ3n) is 3.16. The van der Waals surface area contributed by atoms with Gasteiger partial charge in [0.25, 0.3) is 10.0 Å². The van der Waals surface area contributed by atoms with Gasteiger partial charge in [-0.05, 0) is 30.7 Å². The molecule has 0 aliphatic carbocycles. The van der Waals surface area contributed by atoms with E-state index >= 15 is 0 Å². The molecule has 2 aromatic rings. The first-order valence-corrected chi connectivity index (χ1v) is 8.39. The zero-order valence-electron chi connectivity index (χ0n) is 12.2. The van der Waals surface area contributed by atoms with Crippen molar-refractivity contribution in [3.05, 3.63) is 71.1 Å². The van der Waals surface area contributed by atoms with Crippen LogP contribution in [0.4, 0.5) is 5.69 Å². The number of hydrogen-bond donors (Lipinski definition) is 0. The summed E-state index contributed by atoms with van der Waals surface area (Å²) in [6, 6.07) is 15.8. The standard InChI is InChI=1S/C17H17NO3S/c1-2-18(17-11-7-6-10-16(17)14-19)22(20,21)13-12-15-8-4-3-5-9-15/h3-14H,2H2,1H3/b13-12+. The Kier molecular flexibility index (Phi) is 5.12. The Balaban J connectivity index is 2.37. The largest absolute Gasteiger partial charge is 0.298 e. The predicted octanol–water partition coefficient (Wildman–Crippen LogP) is 3.33. The molecule has 0 N–H and O–H groups in total. The van der Waals surface area contributed by atoms with Gasteiger partial charge in [0.15, 0.2) is 6.29 Å². The van der Waals surface area contributed by atoms with Crippen LogP contribution in [0.15, 0.2) is 60.0 Å². The second-order valence-electron chi connectivity index (χ2n) is 4.60. The van der Waals surface area contributed by atoms with Crippen molar-refractivity contribution in [2.75, 3.05) is 10.8 Å². The lowest BCUT2D eigenvalue weighted by Gasteiger charge is -2.22. The van der Waals surface area contributed by atoms with Gasteiger partial charge in [0.05, 0.1) is 11.1 Å². The lowest BCUT2D eigenvalue weighted by atomic mass is 10.2. The van der Waals surface area contributed by atoms with Crippen molar-refractivity contribution in [3.63, 3.8) is 0 Å². The molecule has 22 heavy (non-hydrogen) atoms. The van der Waals surface area contributed by atoms with Crippen molar-refractivity contribution in [1.82, 2.24) is 0 Å². The maximum Gasteiger partial charge on any atom is 0.257 e. The Morgan fingerprint density at radius 2 is 1.64 bits per heavy atom. The fourth-order valence-corrected chi connectivity index (χ4v) is 3.38. The predicted molar refractivity (Wildman–Crippen MR) is 89.2 cm³/mol. The maximum atomic E-state index is 12.5. The molecular weight excluding hydrogens is 298 g/mol. The number of nitrogens with zero attached hydrogens (tertiary/aromatic N) is 1. The van der Waals surface area contributed by atoms with Crippen LogP contribution in [0.2, 0.25) is 0 Å². The first-order chi connectivity index (χ1) is 10.6. The van der Waals surface area contributed by atoms with Gasteiger partial charge in [-0.1, -0.05) is 42.5 Å². The minimum absolute atomic E-state index is 0.242. The molecule has 0 amide bonds. The molecule has 2 rings (SSSR count). The van der Waals surface area contributed by atoms with Crippen molar-refractivity contribution < 1.29 is 13.2 Å². The average molecular weight is 315 g/mol. The summed E-state index contributed by atoms with van der Waals surface area (Å²) in [7, 11) is -3.66. The van der Waals surface area contributed by atoms with E-state index in [9.17, 15) is 13.2 Å². The summed E-state index contributed by atoms with van der Waals surface area (Å²) in [6.07, 6.45) is 2.20. The van der Waals surface area contributed by atoms with Gasteiger partial charge in [-0.25, -0.2) is 8.42 Å². The molecule has 0 spiro atoms. The van der Waals surface area contributed by atoms with E-state index in [1.165, 1.54) is 4.31 Å². The van der Waals surface area contributed by atoms with Gasteiger partial charge in [0, 0.05) is 12.1 Å². The number of aldehydes is 1. The van der Waals surface area contributed by atoms with Crippen LogP contribution in [0, 0.1) is 0 Å². The van der Waals surface area contributed by atoms with E-state index in [1.54, 1.807) is 37.3 Å². The minimum atomic E-state index is -3.66. The van der Waals surface area contributed by atoms with Gasteiger partial charge in [-0.2, -0.15) is 0 Å². The fraction of sp³-hybridized carbons (Fsp3) is 0.118. The summed E-state index contributed by atoms with van der Waals surface area (Å²) in [5, 5.41) is 1.16. The Hall–Kier alpha value is -2.40. The maximum absolute atomic E-state index is 12.5. The van der Waals surface area contributed by atoms with Crippen LogP contribution >= 0.6 is 0 Å². The van der Waals surface area contributed by atoms with Gasteiger partial charge in [0.2, 0.25) is 0 Å². The van der Waals surface area contributed by atoms with E-state index in [4.69, 9.17) is 0 Å². The Morgan fingerprint density at radius 3 is 2.27 bits per heavy atom. The van der Waals surface area contributed by atoms with Crippen LogP contribution < -0.4 is 4.31 Å². The molecule has 5 heteroatoms. The number of benzene rings is 2. The smallest absolute Gasteiger partial charge is 0.257 e. The number of sulfonamides is 1. The van der Waals surface area contributed by atoms with E-state index in [0.29, 0.717) is 17.5 Å². The molecule has 0 radical (unpaired) electrons. The van der Waals surface area contributed by atoms with Crippen LogP contribution in [-0.2, 0) is 10.0 Å². The molecular formula is C17H17NO3S. The van der Waals surface area contributed by atoms with E-state index in [1.807, 2.05) is 30.3 Å². The highest BCUT2D eigenvalue weighted by Gasteiger charge is 2.20. The second-order valence-corrected chi connectivity index (χ2v) is 6.34. The van der Waals surface area contributed by atoms with E-state index in [-0.39, 0.29) is 6.54 Å². The SMILES string of the molecule is CCN(c1ccccc1C=O)S(=O)(=O)/C=C/c1ccccc1. The zero-order valence-corrected chi connectivity index (χ0v) is 13.0. The van der Waals surface area contributed by atoms with Crippen molar-refractivity contribution >= 4 is 28.1 Å².